The molecular formula is C18H24N+. The monoisotopic (exact) mass is 254 g/mol. The van der Waals surface area contributed by atoms with Gasteiger partial charge in [0, 0.05) is 16.7 Å². The van der Waals surface area contributed by atoms with Crippen LogP contribution in [0.5, 0.6) is 0 Å². The average Bonchev–Trinajstić information content (AvgIpc) is 2.40. The van der Waals surface area contributed by atoms with Crippen LogP contribution in [0.2, 0.25) is 0 Å². The second-order valence-electron chi connectivity index (χ2n) is 5.21. The van der Waals surface area contributed by atoms with Crippen molar-refractivity contribution in [3.63, 3.8) is 0 Å². The van der Waals surface area contributed by atoms with E-state index < -0.39 is 0 Å². The average molecular weight is 254 g/mol. The van der Waals surface area contributed by atoms with Gasteiger partial charge in [0.2, 0.25) is 0 Å². The maximum absolute atomic E-state index is 2.37. The third-order valence-corrected chi connectivity index (χ3v) is 3.32. The number of aromatic nitrogens is 1. The molecule has 0 aliphatic heterocycles. The number of rotatable bonds is 6. The van der Waals surface area contributed by atoms with Crippen LogP contribution in [-0.4, -0.2) is 0 Å². The lowest BCUT2D eigenvalue weighted by Crippen LogP contribution is -2.34. The lowest BCUT2D eigenvalue weighted by Gasteiger charge is -2.04. The van der Waals surface area contributed by atoms with Gasteiger partial charge in [0.1, 0.15) is 0 Å². The Morgan fingerprint density at radius 1 is 0.789 bits per heavy atom. The lowest BCUT2D eigenvalue weighted by molar-refractivity contribution is -0.689. The number of benzene rings is 1. The van der Waals surface area contributed by atoms with E-state index in [1.807, 2.05) is 0 Å². The van der Waals surface area contributed by atoms with Crippen LogP contribution in [0.1, 0.15) is 43.4 Å². The molecule has 0 unspecified atom stereocenters. The Hall–Kier alpha value is -1.63. The molecule has 0 radical (unpaired) electrons. The zero-order valence-electron chi connectivity index (χ0n) is 12.1. The second-order valence-corrected chi connectivity index (χ2v) is 5.21. The fraction of sp³-hybridized carbons (Fsp3) is 0.389. The first-order valence-electron chi connectivity index (χ1n) is 7.37. The molecule has 0 bridgehead atoms. The zero-order valence-corrected chi connectivity index (χ0v) is 12.1. The summed E-state index contributed by atoms with van der Waals surface area (Å²) in [4.78, 5) is 0. The predicted octanol–water partition coefficient (Wildman–Crippen LogP) is 3.93. The third kappa shape index (κ3) is 4.20. The molecule has 2 rings (SSSR count). The molecular weight excluding hydrogens is 230 g/mol. The molecule has 0 saturated carbocycles. The Morgan fingerprint density at radius 3 is 1.89 bits per heavy atom. The minimum absolute atomic E-state index is 0.967. The van der Waals surface area contributed by atoms with Gasteiger partial charge in [0.25, 0.3) is 0 Å². The smallest absolute Gasteiger partial charge is 0.173 e. The van der Waals surface area contributed by atoms with E-state index in [2.05, 4.69) is 67.2 Å². The Morgan fingerprint density at radius 2 is 1.37 bits per heavy atom. The highest BCUT2D eigenvalue weighted by Crippen LogP contribution is 2.07. The van der Waals surface area contributed by atoms with Gasteiger partial charge in [-0.05, 0) is 18.9 Å². The van der Waals surface area contributed by atoms with Gasteiger partial charge in [-0.25, -0.2) is 4.57 Å². The van der Waals surface area contributed by atoms with E-state index in [4.69, 9.17) is 0 Å². The number of hydrogen-bond donors (Lipinski definition) is 0. The van der Waals surface area contributed by atoms with Crippen LogP contribution < -0.4 is 4.57 Å². The van der Waals surface area contributed by atoms with E-state index in [0.29, 0.717) is 0 Å². The molecule has 0 spiro atoms. The standard InChI is InChI=1S/C18H24N/c1-3-8-17-12-18(9-4-2)15-19(14-17)13-16-10-6-5-7-11-16/h5-7,10-12,14-15H,3-4,8-9,13H2,1-2H3/q+1. The molecule has 0 aliphatic rings. The van der Waals surface area contributed by atoms with E-state index in [9.17, 15) is 0 Å². The van der Waals surface area contributed by atoms with E-state index in [1.54, 1.807) is 0 Å². The van der Waals surface area contributed by atoms with E-state index >= 15 is 0 Å². The third-order valence-electron chi connectivity index (χ3n) is 3.32. The molecule has 0 atom stereocenters. The Balaban J connectivity index is 2.23. The lowest BCUT2D eigenvalue weighted by atomic mass is 10.1. The van der Waals surface area contributed by atoms with Gasteiger partial charge < -0.3 is 0 Å². The summed E-state index contributed by atoms with van der Waals surface area (Å²) < 4.78 is 2.34. The quantitative estimate of drug-likeness (QED) is 0.688. The normalized spacial score (nSPS) is 10.6. The van der Waals surface area contributed by atoms with E-state index in [-0.39, 0.29) is 0 Å². The number of pyridine rings is 1. The fourth-order valence-corrected chi connectivity index (χ4v) is 2.51. The van der Waals surface area contributed by atoms with Crippen molar-refractivity contribution in [1.82, 2.24) is 0 Å². The molecule has 19 heavy (non-hydrogen) atoms. The van der Waals surface area contributed by atoms with Crippen LogP contribution in [0, 0.1) is 0 Å². The topological polar surface area (TPSA) is 3.88 Å². The van der Waals surface area contributed by atoms with Crippen LogP contribution >= 0.6 is 0 Å². The Kier molecular flexibility index (Phi) is 5.14. The van der Waals surface area contributed by atoms with Gasteiger partial charge in [-0.1, -0.05) is 57.0 Å². The van der Waals surface area contributed by atoms with Gasteiger partial charge in [-0.2, -0.15) is 0 Å². The molecule has 0 fully saturated rings. The molecule has 0 amide bonds. The summed E-state index contributed by atoms with van der Waals surface area (Å²) in [6, 6.07) is 13.0. The highest BCUT2D eigenvalue weighted by Gasteiger charge is 2.08. The van der Waals surface area contributed by atoms with Crippen LogP contribution in [0.25, 0.3) is 0 Å². The van der Waals surface area contributed by atoms with Crippen molar-refractivity contribution in [2.75, 3.05) is 0 Å². The molecule has 1 heterocycles. The second kappa shape index (κ2) is 7.08. The molecule has 0 saturated heterocycles. The zero-order chi connectivity index (χ0) is 13.5. The van der Waals surface area contributed by atoms with Crippen molar-refractivity contribution in [3.8, 4) is 0 Å². The summed E-state index contributed by atoms with van der Waals surface area (Å²) in [5.74, 6) is 0. The van der Waals surface area contributed by atoms with Crippen LogP contribution in [0.3, 0.4) is 0 Å². The maximum Gasteiger partial charge on any atom is 0.173 e. The first-order valence-corrected chi connectivity index (χ1v) is 7.37. The largest absolute Gasteiger partial charge is 0.200 e. The summed E-state index contributed by atoms with van der Waals surface area (Å²) >= 11 is 0. The van der Waals surface area contributed by atoms with Crippen LogP contribution in [0.4, 0.5) is 0 Å². The van der Waals surface area contributed by atoms with Gasteiger partial charge in [-0.3, -0.25) is 0 Å². The maximum atomic E-state index is 2.37. The van der Waals surface area contributed by atoms with Gasteiger partial charge in [-0.15, -0.1) is 0 Å². The van der Waals surface area contributed by atoms with Crippen molar-refractivity contribution >= 4 is 0 Å². The Labute approximate surface area is 116 Å². The van der Waals surface area contributed by atoms with Crippen molar-refractivity contribution < 1.29 is 4.57 Å². The van der Waals surface area contributed by atoms with Gasteiger partial charge in [0.05, 0.1) is 0 Å². The first-order chi connectivity index (χ1) is 9.31. The fourth-order valence-electron chi connectivity index (χ4n) is 2.51. The number of nitrogens with zero attached hydrogens (tertiary/aromatic N) is 1. The summed E-state index contributed by atoms with van der Waals surface area (Å²) in [6.45, 7) is 5.46. The molecule has 1 aromatic carbocycles. The summed E-state index contributed by atoms with van der Waals surface area (Å²) in [7, 11) is 0. The molecule has 0 N–H and O–H groups in total. The van der Waals surface area contributed by atoms with E-state index in [0.717, 1.165) is 6.54 Å². The van der Waals surface area contributed by atoms with Crippen molar-refractivity contribution in [2.45, 2.75) is 46.1 Å². The summed E-state index contributed by atoms with van der Waals surface area (Å²) in [5, 5.41) is 0. The van der Waals surface area contributed by atoms with Gasteiger partial charge >= 0.3 is 0 Å². The molecule has 1 nitrogen and oxygen atoms in total. The predicted molar refractivity (Wildman–Crippen MR) is 80.2 cm³/mol. The Bertz CT molecular complexity index is 478. The van der Waals surface area contributed by atoms with Crippen molar-refractivity contribution in [1.29, 1.82) is 0 Å². The van der Waals surface area contributed by atoms with Gasteiger partial charge in [0.15, 0.2) is 18.9 Å². The summed E-state index contributed by atoms with van der Waals surface area (Å²) in [5.41, 5.74) is 4.29. The SMILES string of the molecule is CCCc1cc(CCC)c[n+](Cc2ccccc2)c1. The van der Waals surface area contributed by atoms with Crippen molar-refractivity contribution in [2.24, 2.45) is 0 Å². The minimum atomic E-state index is 0.967. The first kappa shape index (κ1) is 13.8. The highest BCUT2D eigenvalue weighted by molar-refractivity contribution is 5.17. The van der Waals surface area contributed by atoms with Crippen molar-refractivity contribution in [3.05, 3.63) is 65.5 Å². The number of hydrogen-bond acceptors (Lipinski definition) is 0. The molecule has 2 aromatic rings. The van der Waals surface area contributed by atoms with Crippen LogP contribution in [0.15, 0.2) is 48.8 Å². The van der Waals surface area contributed by atoms with E-state index in [1.165, 1.54) is 42.4 Å². The summed E-state index contributed by atoms with van der Waals surface area (Å²) in [6.07, 6.45) is 9.37. The molecule has 0 aliphatic carbocycles. The number of aryl methyl sites for hydroxylation is 2. The van der Waals surface area contributed by atoms with Crippen LogP contribution in [-0.2, 0) is 19.4 Å². The molecule has 100 valence electrons. The minimum Gasteiger partial charge on any atom is -0.200 e. The highest BCUT2D eigenvalue weighted by atomic mass is 14.9. The molecule has 1 heteroatoms. The molecule has 1 aromatic heterocycles.